The number of nitrogens with zero attached hydrogens (tertiary/aromatic N) is 2. The number of fused-ring (bicyclic) bond motifs is 1. The Labute approximate surface area is 148 Å². The van der Waals surface area contributed by atoms with Gasteiger partial charge >= 0.3 is 5.97 Å². The molecule has 0 amide bonds. The molecule has 6 heteroatoms. The highest BCUT2D eigenvalue weighted by atomic mass is 16.5. The van der Waals surface area contributed by atoms with Crippen molar-refractivity contribution in [2.75, 3.05) is 0 Å². The highest BCUT2D eigenvalue weighted by Gasteiger charge is 2.11. The van der Waals surface area contributed by atoms with Gasteiger partial charge in [0.15, 0.2) is 5.75 Å². The average molecular weight is 346 g/mol. The van der Waals surface area contributed by atoms with Crippen LogP contribution in [0.5, 0.6) is 23.0 Å². The molecule has 26 heavy (non-hydrogen) atoms. The molecule has 0 radical (unpaired) electrons. The van der Waals surface area contributed by atoms with E-state index in [1.807, 2.05) is 42.5 Å². The van der Waals surface area contributed by atoms with Crippen molar-refractivity contribution < 1.29 is 19.4 Å². The van der Waals surface area contributed by atoms with Gasteiger partial charge in [-0.05, 0) is 42.5 Å². The molecule has 0 fully saturated rings. The first-order valence-electron chi connectivity index (χ1n) is 7.90. The van der Waals surface area contributed by atoms with Crippen LogP contribution in [0.25, 0.3) is 5.52 Å². The minimum Gasteiger partial charge on any atom is -0.478 e. The molecule has 6 nitrogen and oxygen atoms in total. The number of carboxylic acids is 1. The fourth-order valence-corrected chi connectivity index (χ4v) is 2.52. The zero-order valence-electron chi connectivity index (χ0n) is 13.6. The molecule has 0 bridgehead atoms. The zero-order chi connectivity index (χ0) is 17.9. The van der Waals surface area contributed by atoms with Crippen LogP contribution in [-0.2, 0) is 0 Å². The Bertz CT molecular complexity index is 1060. The Kier molecular flexibility index (Phi) is 3.99. The zero-order valence-corrected chi connectivity index (χ0v) is 13.6. The van der Waals surface area contributed by atoms with Crippen molar-refractivity contribution in [2.45, 2.75) is 0 Å². The first-order valence-corrected chi connectivity index (χ1v) is 7.90. The lowest BCUT2D eigenvalue weighted by molar-refractivity contribution is 0.0697. The summed E-state index contributed by atoms with van der Waals surface area (Å²) < 4.78 is 13.1. The van der Waals surface area contributed by atoms with Gasteiger partial charge < -0.3 is 14.6 Å². The SMILES string of the molecule is O=C(O)c1cc2c(Oc3ccc(Oc4ccccc4)cc3)ccnn2c1. The summed E-state index contributed by atoms with van der Waals surface area (Å²) in [5.41, 5.74) is 0.731. The molecule has 0 aliphatic carbocycles. The predicted octanol–water partition coefficient (Wildman–Crippen LogP) is 4.62. The number of carbonyl (C=O) groups is 1. The molecule has 0 atom stereocenters. The summed E-state index contributed by atoms with van der Waals surface area (Å²) in [6.45, 7) is 0. The highest BCUT2D eigenvalue weighted by Crippen LogP contribution is 2.29. The van der Waals surface area contributed by atoms with Crippen molar-refractivity contribution in [1.29, 1.82) is 0 Å². The minimum atomic E-state index is -1.01. The third kappa shape index (κ3) is 3.21. The van der Waals surface area contributed by atoms with Gasteiger partial charge in [-0.1, -0.05) is 18.2 Å². The summed E-state index contributed by atoms with van der Waals surface area (Å²) in [5.74, 6) is 1.57. The average Bonchev–Trinajstić information content (AvgIpc) is 3.10. The predicted molar refractivity (Wildman–Crippen MR) is 95.2 cm³/mol. The van der Waals surface area contributed by atoms with Crippen LogP contribution in [0.2, 0.25) is 0 Å². The Balaban J connectivity index is 1.56. The second-order valence-electron chi connectivity index (χ2n) is 5.55. The fraction of sp³-hybridized carbons (Fsp3) is 0. The van der Waals surface area contributed by atoms with E-state index in [4.69, 9.17) is 14.6 Å². The van der Waals surface area contributed by atoms with Gasteiger partial charge in [-0.25, -0.2) is 9.31 Å². The fourth-order valence-electron chi connectivity index (χ4n) is 2.52. The molecule has 128 valence electrons. The number of ether oxygens (including phenoxy) is 2. The van der Waals surface area contributed by atoms with Crippen molar-refractivity contribution >= 4 is 11.5 Å². The Morgan fingerprint density at radius 3 is 2.23 bits per heavy atom. The lowest BCUT2D eigenvalue weighted by atomic mass is 10.3. The maximum Gasteiger partial charge on any atom is 0.337 e. The maximum atomic E-state index is 11.1. The van der Waals surface area contributed by atoms with Crippen molar-refractivity contribution in [1.82, 2.24) is 9.61 Å². The molecule has 4 aromatic rings. The van der Waals surface area contributed by atoms with Crippen molar-refractivity contribution in [3.8, 4) is 23.0 Å². The van der Waals surface area contributed by atoms with E-state index in [0.717, 1.165) is 5.75 Å². The summed E-state index contributed by atoms with van der Waals surface area (Å²) in [5, 5.41) is 13.2. The standard InChI is InChI=1S/C20H14N2O4/c23-20(24)14-12-18-19(10-11-21-22(18)13-14)26-17-8-6-16(7-9-17)25-15-4-2-1-3-5-15/h1-13H,(H,23,24). The van der Waals surface area contributed by atoms with Gasteiger partial charge in [0.25, 0.3) is 0 Å². The number of hydrogen-bond acceptors (Lipinski definition) is 4. The van der Waals surface area contributed by atoms with Crippen LogP contribution >= 0.6 is 0 Å². The van der Waals surface area contributed by atoms with Crippen LogP contribution in [0.1, 0.15) is 10.4 Å². The summed E-state index contributed by atoms with van der Waals surface area (Å²) in [4.78, 5) is 11.1. The molecule has 0 saturated heterocycles. The highest BCUT2D eigenvalue weighted by molar-refractivity contribution is 5.90. The van der Waals surface area contributed by atoms with E-state index in [1.54, 1.807) is 24.4 Å². The van der Waals surface area contributed by atoms with Crippen LogP contribution in [-0.4, -0.2) is 20.7 Å². The van der Waals surface area contributed by atoms with Crippen molar-refractivity contribution in [2.24, 2.45) is 0 Å². The number of carboxylic acid groups (broad SMARTS) is 1. The third-order valence-corrected chi connectivity index (χ3v) is 3.75. The van der Waals surface area contributed by atoms with Gasteiger partial charge in [0, 0.05) is 12.3 Å². The van der Waals surface area contributed by atoms with E-state index in [1.165, 1.54) is 16.8 Å². The number of aromatic carboxylic acids is 1. The van der Waals surface area contributed by atoms with Gasteiger partial charge in [0.05, 0.1) is 11.8 Å². The normalized spacial score (nSPS) is 10.6. The number of para-hydroxylation sites is 1. The Morgan fingerprint density at radius 2 is 1.54 bits per heavy atom. The van der Waals surface area contributed by atoms with E-state index < -0.39 is 5.97 Å². The van der Waals surface area contributed by atoms with Crippen molar-refractivity contribution in [3.05, 3.63) is 84.7 Å². The Hall–Kier alpha value is -3.80. The molecule has 4 rings (SSSR count). The molecular weight excluding hydrogens is 332 g/mol. The van der Waals surface area contributed by atoms with Crippen LogP contribution in [0, 0.1) is 0 Å². The van der Waals surface area contributed by atoms with E-state index in [0.29, 0.717) is 22.8 Å². The van der Waals surface area contributed by atoms with Crippen LogP contribution < -0.4 is 9.47 Å². The summed E-state index contributed by atoms with van der Waals surface area (Å²) in [6, 6.07) is 19.9. The second-order valence-corrected chi connectivity index (χ2v) is 5.55. The molecule has 2 aromatic carbocycles. The molecule has 0 unspecified atom stereocenters. The molecule has 0 aliphatic rings. The van der Waals surface area contributed by atoms with Crippen molar-refractivity contribution in [3.63, 3.8) is 0 Å². The largest absolute Gasteiger partial charge is 0.478 e. The number of benzene rings is 2. The molecule has 2 heterocycles. The first-order chi connectivity index (χ1) is 12.7. The van der Waals surface area contributed by atoms with Gasteiger partial charge in [0.1, 0.15) is 22.8 Å². The van der Waals surface area contributed by atoms with E-state index in [-0.39, 0.29) is 5.56 Å². The minimum absolute atomic E-state index is 0.153. The molecule has 0 spiro atoms. The Morgan fingerprint density at radius 1 is 0.885 bits per heavy atom. The smallest absolute Gasteiger partial charge is 0.337 e. The number of rotatable bonds is 5. The molecular formula is C20H14N2O4. The molecule has 1 N–H and O–H groups in total. The molecule has 2 aromatic heterocycles. The maximum absolute atomic E-state index is 11.1. The number of hydrogen-bond donors (Lipinski definition) is 1. The summed E-state index contributed by atoms with van der Waals surface area (Å²) in [7, 11) is 0. The topological polar surface area (TPSA) is 73.1 Å². The second kappa shape index (κ2) is 6.60. The van der Waals surface area contributed by atoms with Gasteiger partial charge in [-0.15, -0.1) is 0 Å². The van der Waals surface area contributed by atoms with Gasteiger partial charge in [-0.2, -0.15) is 5.10 Å². The third-order valence-electron chi connectivity index (χ3n) is 3.75. The first kappa shape index (κ1) is 15.7. The van der Waals surface area contributed by atoms with E-state index in [2.05, 4.69) is 5.10 Å². The number of aromatic nitrogens is 2. The van der Waals surface area contributed by atoms with Crippen LogP contribution in [0.15, 0.2) is 79.1 Å². The quantitative estimate of drug-likeness (QED) is 0.571. The van der Waals surface area contributed by atoms with Gasteiger partial charge in [-0.3, -0.25) is 0 Å². The van der Waals surface area contributed by atoms with E-state index >= 15 is 0 Å². The van der Waals surface area contributed by atoms with Gasteiger partial charge in [0.2, 0.25) is 0 Å². The summed E-state index contributed by atoms with van der Waals surface area (Å²) in [6.07, 6.45) is 3.00. The lowest BCUT2D eigenvalue weighted by Gasteiger charge is -2.09. The van der Waals surface area contributed by atoms with E-state index in [9.17, 15) is 4.79 Å². The van der Waals surface area contributed by atoms with Crippen LogP contribution in [0.4, 0.5) is 0 Å². The molecule has 0 saturated carbocycles. The molecule has 0 aliphatic heterocycles. The lowest BCUT2D eigenvalue weighted by Crippen LogP contribution is -1.93. The summed E-state index contributed by atoms with van der Waals surface area (Å²) >= 11 is 0. The monoisotopic (exact) mass is 346 g/mol. The van der Waals surface area contributed by atoms with Crippen LogP contribution in [0.3, 0.4) is 0 Å².